The SMILES string of the molecule is Fc1ccc(F)c(CNCc2ccccc2Cl)c1. The van der Waals surface area contributed by atoms with Crippen LogP contribution < -0.4 is 5.32 Å². The number of rotatable bonds is 4. The Balaban J connectivity index is 1.96. The van der Waals surface area contributed by atoms with Crippen molar-refractivity contribution < 1.29 is 8.78 Å². The molecule has 0 aliphatic carbocycles. The highest BCUT2D eigenvalue weighted by Crippen LogP contribution is 2.15. The fraction of sp³-hybridized carbons (Fsp3) is 0.143. The average molecular weight is 268 g/mol. The third-order valence-electron chi connectivity index (χ3n) is 2.60. The summed E-state index contributed by atoms with van der Waals surface area (Å²) in [6.07, 6.45) is 0. The highest BCUT2D eigenvalue weighted by atomic mass is 35.5. The Morgan fingerprint density at radius 3 is 2.44 bits per heavy atom. The predicted octanol–water partition coefficient (Wildman–Crippen LogP) is 3.91. The van der Waals surface area contributed by atoms with E-state index in [-0.39, 0.29) is 6.54 Å². The van der Waals surface area contributed by atoms with Crippen LogP contribution in [0.25, 0.3) is 0 Å². The molecule has 94 valence electrons. The number of halogens is 3. The Bertz CT molecular complexity index is 543. The van der Waals surface area contributed by atoms with Crippen LogP contribution >= 0.6 is 11.6 Å². The molecular weight excluding hydrogens is 256 g/mol. The van der Waals surface area contributed by atoms with Gasteiger partial charge >= 0.3 is 0 Å². The van der Waals surface area contributed by atoms with Gasteiger partial charge in [-0.3, -0.25) is 0 Å². The first-order valence-corrected chi connectivity index (χ1v) is 5.92. The smallest absolute Gasteiger partial charge is 0.127 e. The number of benzene rings is 2. The molecule has 0 saturated heterocycles. The van der Waals surface area contributed by atoms with Crippen molar-refractivity contribution in [1.82, 2.24) is 5.32 Å². The summed E-state index contributed by atoms with van der Waals surface area (Å²) >= 11 is 5.99. The van der Waals surface area contributed by atoms with Gasteiger partial charge in [0.05, 0.1) is 0 Å². The van der Waals surface area contributed by atoms with Crippen LogP contribution in [0.4, 0.5) is 8.78 Å². The summed E-state index contributed by atoms with van der Waals surface area (Å²) in [5.41, 5.74) is 1.23. The quantitative estimate of drug-likeness (QED) is 0.886. The Hall–Kier alpha value is -1.45. The molecule has 0 heterocycles. The van der Waals surface area contributed by atoms with E-state index in [1.54, 1.807) is 6.07 Å². The van der Waals surface area contributed by atoms with E-state index in [1.807, 2.05) is 18.2 Å². The molecule has 2 rings (SSSR count). The molecule has 0 spiro atoms. The molecule has 0 bridgehead atoms. The first-order chi connectivity index (χ1) is 8.66. The summed E-state index contributed by atoms with van der Waals surface area (Å²) in [5.74, 6) is -0.853. The second kappa shape index (κ2) is 5.94. The van der Waals surface area contributed by atoms with E-state index in [0.29, 0.717) is 17.1 Å². The van der Waals surface area contributed by atoms with Crippen LogP contribution in [0.5, 0.6) is 0 Å². The van der Waals surface area contributed by atoms with Gasteiger partial charge in [0.1, 0.15) is 11.6 Å². The van der Waals surface area contributed by atoms with Crippen molar-refractivity contribution in [3.63, 3.8) is 0 Å². The molecule has 0 aromatic heterocycles. The first kappa shape index (κ1) is 13.0. The van der Waals surface area contributed by atoms with Gasteiger partial charge in [-0.25, -0.2) is 8.78 Å². The maximum absolute atomic E-state index is 13.3. The first-order valence-electron chi connectivity index (χ1n) is 5.55. The Morgan fingerprint density at radius 1 is 0.944 bits per heavy atom. The van der Waals surface area contributed by atoms with Crippen LogP contribution in [-0.2, 0) is 13.1 Å². The van der Waals surface area contributed by atoms with E-state index in [2.05, 4.69) is 5.32 Å². The topological polar surface area (TPSA) is 12.0 Å². The van der Waals surface area contributed by atoms with Crippen molar-refractivity contribution in [1.29, 1.82) is 0 Å². The second-order valence-electron chi connectivity index (χ2n) is 3.93. The molecule has 0 saturated carbocycles. The van der Waals surface area contributed by atoms with Gasteiger partial charge in [-0.15, -0.1) is 0 Å². The molecule has 4 heteroatoms. The fourth-order valence-corrected chi connectivity index (χ4v) is 1.85. The lowest BCUT2D eigenvalue weighted by Crippen LogP contribution is -2.14. The molecule has 1 N–H and O–H groups in total. The van der Waals surface area contributed by atoms with Crippen LogP contribution in [0.15, 0.2) is 42.5 Å². The summed E-state index contributed by atoms with van der Waals surface area (Å²) in [7, 11) is 0. The van der Waals surface area contributed by atoms with Gasteiger partial charge in [-0.05, 0) is 29.8 Å². The molecule has 2 aromatic carbocycles. The van der Waals surface area contributed by atoms with Crippen molar-refractivity contribution in [3.8, 4) is 0 Å². The lowest BCUT2D eigenvalue weighted by molar-refractivity contribution is 0.568. The van der Waals surface area contributed by atoms with E-state index in [0.717, 1.165) is 17.7 Å². The average Bonchev–Trinajstić information content (AvgIpc) is 2.36. The van der Waals surface area contributed by atoms with Crippen LogP contribution in [0.2, 0.25) is 5.02 Å². The zero-order chi connectivity index (χ0) is 13.0. The molecule has 0 unspecified atom stereocenters. The minimum Gasteiger partial charge on any atom is -0.308 e. The minimum atomic E-state index is -0.439. The molecular formula is C14H12ClF2N. The van der Waals surface area contributed by atoms with Crippen molar-refractivity contribution in [3.05, 3.63) is 70.2 Å². The summed E-state index contributed by atoms with van der Waals surface area (Å²) in [4.78, 5) is 0. The number of hydrogen-bond donors (Lipinski definition) is 1. The summed E-state index contributed by atoms with van der Waals surface area (Å²) in [6, 6.07) is 10.8. The largest absolute Gasteiger partial charge is 0.308 e. The highest BCUT2D eigenvalue weighted by Gasteiger charge is 2.04. The molecule has 2 aromatic rings. The molecule has 0 fully saturated rings. The second-order valence-corrected chi connectivity index (χ2v) is 4.34. The van der Waals surface area contributed by atoms with E-state index in [9.17, 15) is 8.78 Å². The maximum atomic E-state index is 13.3. The van der Waals surface area contributed by atoms with Crippen molar-refractivity contribution in [2.24, 2.45) is 0 Å². The van der Waals surface area contributed by atoms with E-state index in [1.165, 1.54) is 6.07 Å². The molecule has 0 radical (unpaired) electrons. The lowest BCUT2D eigenvalue weighted by atomic mass is 10.2. The normalized spacial score (nSPS) is 10.6. The van der Waals surface area contributed by atoms with Crippen LogP contribution in [0.1, 0.15) is 11.1 Å². The Labute approximate surface area is 109 Å². The zero-order valence-corrected chi connectivity index (χ0v) is 10.3. The highest BCUT2D eigenvalue weighted by molar-refractivity contribution is 6.31. The fourth-order valence-electron chi connectivity index (χ4n) is 1.65. The minimum absolute atomic E-state index is 0.259. The van der Waals surface area contributed by atoms with Crippen LogP contribution in [0, 0.1) is 11.6 Å². The third kappa shape index (κ3) is 3.28. The predicted molar refractivity (Wildman–Crippen MR) is 68.4 cm³/mol. The molecule has 0 amide bonds. The van der Waals surface area contributed by atoms with Gasteiger partial charge in [0.15, 0.2) is 0 Å². The van der Waals surface area contributed by atoms with Crippen molar-refractivity contribution in [2.45, 2.75) is 13.1 Å². The molecule has 0 aliphatic heterocycles. The lowest BCUT2D eigenvalue weighted by Gasteiger charge is -2.07. The van der Waals surface area contributed by atoms with Gasteiger partial charge < -0.3 is 5.32 Å². The summed E-state index contributed by atoms with van der Waals surface area (Å²) in [5, 5.41) is 3.69. The van der Waals surface area contributed by atoms with Gasteiger partial charge in [-0.2, -0.15) is 0 Å². The monoisotopic (exact) mass is 267 g/mol. The van der Waals surface area contributed by atoms with Crippen molar-refractivity contribution in [2.75, 3.05) is 0 Å². The molecule has 1 nitrogen and oxygen atoms in total. The van der Waals surface area contributed by atoms with E-state index < -0.39 is 11.6 Å². The molecule has 18 heavy (non-hydrogen) atoms. The molecule has 0 aliphatic rings. The Kier molecular flexibility index (Phi) is 4.28. The third-order valence-corrected chi connectivity index (χ3v) is 2.97. The van der Waals surface area contributed by atoms with Crippen molar-refractivity contribution >= 4 is 11.6 Å². The molecule has 0 atom stereocenters. The summed E-state index contributed by atoms with van der Waals surface area (Å²) in [6.45, 7) is 0.768. The van der Waals surface area contributed by atoms with E-state index >= 15 is 0 Å². The number of hydrogen-bond acceptors (Lipinski definition) is 1. The maximum Gasteiger partial charge on any atom is 0.127 e. The van der Waals surface area contributed by atoms with Crippen LogP contribution in [0.3, 0.4) is 0 Å². The van der Waals surface area contributed by atoms with Crippen LogP contribution in [-0.4, -0.2) is 0 Å². The van der Waals surface area contributed by atoms with Gasteiger partial charge in [0, 0.05) is 23.7 Å². The van der Waals surface area contributed by atoms with E-state index in [4.69, 9.17) is 11.6 Å². The number of nitrogens with one attached hydrogen (secondary N) is 1. The van der Waals surface area contributed by atoms with Gasteiger partial charge in [0.25, 0.3) is 0 Å². The standard InChI is InChI=1S/C14H12ClF2N/c15-13-4-2-1-3-10(13)8-18-9-11-7-12(16)5-6-14(11)17/h1-7,18H,8-9H2. The Morgan fingerprint density at radius 2 is 1.67 bits per heavy atom. The van der Waals surface area contributed by atoms with Gasteiger partial charge in [-0.1, -0.05) is 29.8 Å². The zero-order valence-electron chi connectivity index (χ0n) is 9.59. The summed E-state index contributed by atoms with van der Waals surface area (Å²) < 4.78 is 26.3. The van der Waals surface area contributed by atoms with Gasteiger partial charge in [0.2, 0.25) is 0 Å².